The second-order valence-electron chi connectivity index (χ2n) is 5.88. The number of nitrogens with one attached hydrogen (secondary N) is 1. The number of rotatable bonds is 2. The summed E-state index contributed by atoms with van der Waals surface area (Å²) in [5.74, 6) is 1.78. The van der Waals surface area contributed by atoms with E-state index in [0.29, 0.717) is 13.1 Å². The normalized spacial score (nSPS) is 20.8. The maximum Gasteiger partial charge on any atom is 0.410 e. The molecule has 21 heavy (non-hydrogen) atoms. The van der Waals surface area contributed by atoms with Crippen molar-refractivity contribution in [3.05, 3.63) is 17.1 Å². The van der Waals surface area contributed by atoms with E-state index in [1.54, 1.807) is 4.90 Å². The van der Waals surface area contributed by atoms with Crippen molar-refractivity contribution in [3.63, 3.8) is 0 Å². The molecule has 4 rings (SSSR count). The molecule has 1 aromatic rings. The molecule has 4 heterocycles. The third-order valence-electron chi connectivity index (χ3n) is 4.30. The molecule has 0 atom stereocenters. The first-order valence-electron chi connectivity index (χ1n) is 7.48. The lowest BCUT2D eigenvalue weighted by Gasteiger charge is -2.33. The topological polar surface area (TPSA) is 70.6 Å². The highest BCUT2D eigenvalue weighted by molar-refractivity contribution is 5.70. The first kappa shape index (κ1) is 12.8. The molecule has 3 aliphatic heterocycles. The number of fused-ring (bicyclic) bond motifs is 1. The first-order valence-corrected chi connectivity index (χ1v) is 7.48. The zero-order valence-corrected chi connectivity index (χ0v) is 12.1. The Kier molecular flexibility index (Phi) is 2.95. The van der Waals surface area contributed by atoms with Gasteiger partial charge in [-0.15, -0.1) is 0 Å². The molecule has 0 aliphatic carbocycles. The van der Waals surface area contributed by atoms with Crippen LogP contribution in [-0.4, -0.2) is 53.2 Å². The van der Waals surface area contributed by atoms with Gasteiger partial charge in [-0.05, 0) is 13.3 Å². The minimum atomic E-state index is -0.244. The van der Waals surface area contributed by atoms with E-state index >= 15 is 0 Å². The van der Waals surface area contributed by atoms with Crippen molar-refractivity contribution < 1.29 is 9.53 Å². The Hall–Kier alpha value is -1.89. The van der Waals surface area contributed by atoms with Crippen LogP contribution >= 0.6 is 0 Å². The molecule has 112 valence electrons. The average molecular weight is 289 g/mol. The van der Waals surface area contributed by atoms with Gasteiger partial charge < -0.3 is 15.0 Å². The van der Waals surface area contributed by atoms with Gasteiger partial charge in [0.25, 0.3) is 0 Å². The SMILES string of the molecule is Cc1nc2c(c(N3CCC3)n1)CN(C(=O)OC1CNC1)C2. The van der Waals surface area contributed by atoms with Crippen molar-refractivity contribution in [1.82, 2.24) is 20.2 Å². The van der Waals surface area contributed by atoms with Crippen molar-refractivity contribution in [1.29, 1.82) is 0 Å². The summed E-state index contributed by atoms with van der Waals surface area (Å²) in [5.41, 5.74) is 2.05. The number of hydrogen-bond donors (Lipinski definition) is 1. The molecule has 1 N–H and O–H groups in total. The zero-order chi connectivity index (χ0) is 14.4. The minimum absolute atomic E-state index is 0.0175. The standard InChI is InChI=1S/C14H19N5O2/c1-9-16-12-8-19(14(20)21-10-5-15-6-10)7-11(12)13(17-9)18-3-2-4-18/h10,15H,2-8H2,1H3. The van der Waals surface area contributed by atoms with Crippen LogP contribution < -0.4 is 10.2 Å². The van der Waals surface area contributed by atoms with Crippen molar-refractivity contribution in [2.45, 2.75) is 32.5 Å². The average Bonchev–Trinajstić information content (AvgIpc) is 2.75. The van der Waals surface area contributed by atoms with E-state index in [0.717, 1.165) is 49.1 Å². The second-order valence-corrected chi connectivity index (χ2v) is 5.88. The highest BCUT2D eigenvalue weighted by Gasteiger charge is 2.33. The highest BCUT2D eigenvalue weighted by Crippen LogP contribution is 2.31. The summed E-state index contributed by atoms with van der Waals surface area (Å²) < 4.78 is 5.44. The van der Waals surface area contributed by atoms with Gasteiger partial charge in [-0.25, -0.2) is 14.8 Å². The van der Waals surface area contributed by atoms with E-state index in [9.17, 15) is 4.79 Å². The summed E-state index contributed by atoms with van der Waals surface area (Å²) in [4.78, 5) is 25.2. The fraction of sp³-hybridized carbons (Fsp3) is 0.643. The van der Waals surface area contributed by atoms with Crippen molar-refractivity contribution in [3.8, 4) is 0 Å². The Labute approximate surface area is 123 Å². The van der Waals surface area contributed by atoms with Crippen LogP contribution in [0.3, 0.4) is 0 Å². The molecule has 1 aromatic heterocycles. The van der Waals surface area contributed by atoms with Crippen LogP contribution in [0.1, 0.15) is 23.5 Å². The zero-order valence-electron chi connectivity index (χ0n) is 12.1. The number of carbonyl (C=O) groups is 1. The van der Waals surface area contributed by atoms with Gasteiger partial charge in [0, 0.05) is 31.7 Å². The Morgan fingerprint density at radius 3 is 2.71 bits per heavy atom. The molecule has 0 saturated carbocycles. The molecule has 7 nitrogen and oxygen atoms in total. The predicted octanol–water partition coefficient (Wildman–Crippen LogP) is 0.419. The molecule has 7 heteroatoms. The quantitative estimate of drug-likeness (QED) is 0.851. The predicted molar refractivity (Wildman–Crippen MR) is 76.0 cm³/mol. The number of nitrogens with zero attached hydrogens (tertiary/aromatic N) is 4. The van der Waals surface area contributed by atoms with E-state index in [4.69, 9.17) is 4.74 Å². The monoisotopic (exact) mass is 289 g/mol. The molecule has 3 aliphatic rings. The third-order valence-corrected chi connectivity index (χ3v) is 4.30. The smallest absolute Gasteiger partial charge is 0.410 e. The van der Waals surface area contributed by atoms with E-state index in [1.165, 1.54) is 6.42 Å². The summed E-state index contributed by atoms with van der Waals surface area (Å²) in [6, 6.07) is 0. The van der Waals surface area contributed by atoms with Crippen LogP contribution in [0.25, 0.3) is 0 Å². The lowest BCUT2D eigenvalue weighted by molar-refractivity contribution is 0.0382. The molecule has 1 amide bonds. The first-order chi connectivity index (χ1) is 10.2. The van der Waals surface area contributed by atoms with Gasteiger partial charge in [-0.2, -0.15) is 0 Å². The van der Waals surface area contributed by atoms with Crippen molar-refractivity contribution >= 4 is 11.9 Å². The maximum atomic E-state index is 12.2. The number of hydrogen-bond acceptors (Lipinski definition) is 6. The number of aromatic nitrogens is 2. The number of anilines is 1. The lowest BCUT2D eigenvalue weighted by Crippen LogP contribution is -2.50. The summed E-state index contributed by atoms with van der Waals surface area (Å²) in [6.07, 6.45) is 0.980. The summed E-state index contributed by atoms with van der Waals surface area (Å²) in [6.45, 7) is 6.58. The summed E-state index contributed by atoms with van der Waals surface area (Å²) >= 11 is 0. The van der Waals surface area contributed by atoms with Crippen LogP contribution in [-0.2, 0) is 17.8 Å². The Bertz CT molecular complexity index is 583. The molecule has 0 bridgehead atoms. The number of ether oxygens (including phenoxy) is 1. The summed E-state index contributed by atoms with van der Waals surface area (Å²) in [7, 11) is 0. The lowest BCUT2D eigenvalue weighted by atomic mass is 10.1. The molecule has 0 unspecified atom stereocenters. The molecule has 2 saturated heterocycles. The van der Waals surface area contributed by atoms with Crippen molar-refractivity contribution in [2.75, 3.05) is 31.1 Å². The van der Waals surface area contributed by atoms with Crippen LogP contribution in [0.5, 0.6) is 0 Å². The van der Waals surface area contributed by atoms with E-state index in [-0.39, 0.29) is 12.2 Å². The maximum absolute atomic E-state index is 12.2. The van der Waals surface area contributed by atoms with Gasteiger partial charge in [-0.3, -0.25) is 4.90 Å². The molecular formula is C14H19N5O2. The number of amides is 1. The van der Waals surface area contributed by atoms with Crippen LogP contribution in [0, 0.1) is 6.92 Å². The fourth-order valence-corrected chi connectivity index (χ4v) is 2.84. The molecule has 0 spiro atoms. The minimum Gasteiger partial charge on any atom is -0.443 e. The van der Waals surface area contributed by atoms with Gasteiger partial charge in [-0.1, -0.05) is 0 Å². The van der Waals surface area contributed by atoms with E-state index < -0.39 is 0 Å². The fourth-order valence-electron chi connectivity index (χ4n) is 2.84. The van der Waals surface area contributed by atoms with E-state index in [1.807, 2.05) is 6.92 Å². The van der Waals surface area contributed by atoms with Gasteiger partial charge in [0.1, 0.15) is 17.7 Å². The molecular weight excluding hydrogens is 270 g/mol. The Balaban J connectivity index is 1.53. The van der Waals surface area contributed by atoms with E-state index in [2.05, 4.69) is 20.2 Å². The molecule has 0 radical (unpaired) electrons. The highest BCUT2D eigenvalue weighted by atomic mass is 16.6. The summed E-state index contributed by atoms with van der Waals surface area (Å²) in [5, 5.41) is 3.10. The van der Waals surface area contributed by atoms with Gasteiger partial charge in [0.2, 0.25) is 0 Å². The third kappa shape index (κ3) is 2.21. The number of aryl methyl sites for hydroxylation is 1. The molecule has 0 aromatic carbocycles. The van der Waals surface area contributed by atoms with Gasteiger partial charge in [0.15, 0.2) is 0 Å². The van der Waals surface area contributed by atoms with Gasteiger partial charge in [0.05, 0.1) is 18.8 Å². The largest absolute Gasteiger partial charge is 0.443 e. The van der Waals surface area contributed by atoms with Crippen LogP contribution in [0.4, 0.5) is 10.6 Å². The van der Waals surface area contributed by atoms with Crippen LogP contribution in [0.15, 0.2) is 0 Å². The Morgan fingerprint density at radius 1 is 1.29 bits per heavy atom. The van der Waals surface area contributed by atoms with Crippen molar-refractivity contribution in [2.24, 2.45) is 0 Å². The van der Waals surface area contributed by atoms with Gasteiger partial charge >= 0.3 is 6.09 Å². The van der Waals surface area contributed by atoms with Crippen LogP contribution in [0.2, 0.25) is 0 Å². The second kappa shape index (κ2) is 4.84. The Morgan fingerprint density at radius 2 is 2.10 bits per heavy atom. The number of carbonyl (C=O) groups excluding carboxylic acids is 1. The molecule has 2 fully saturated rings.